The minimum atomic E-state index is -1.91. The molecule has 3 saturated heterocycles. The molecule has 0 saturated carbocycles. The van der Waals surface area contributed by atoms with Crippen LogP contribution < -0.4 is 74.9 Å². The van der Waals surface area contributed by atoms with Crippen LogP contribution in [-0.4, -0.2) is 263 Å². The molecule has 0 aromatic heterocycles. The Morgan fingerprint density at radius 3 is 1.54 bits per heavy atom. The first-order valence-corrected chi connectivity index (χ1v) is 39.6. The van der Waals surface area contributed by atoms with Gasteiger partial charge in [0.1, 0.15) is 75.0 Å². The first-order valence-electron chi connectivity index (χ1n) is 39.6. The molecule has 1 aromatic carbocycles. The van der Waals surface area contributed by atoms with Gasteiger partial charge in [0, 0.05) is 45.8 Å². The maximum Gasteiger partial charge on any atom is 0.248 e. The van der Waals surface area contributed by atoms with Crippen molar-refractivity contribution in [3.8, 4) is 0 Å². The van der Waals surface area contributed by atoms with Crippen LogP contribution in [0.4, 0.5) is 0 Å². The summed E-state index contributed by atoms with van der Waals surface area (Å²) < 4.78 is 0. The number of aliphatic hydroxyl groups excluding tert-OH is 3. The maximum absolute atomic E-state index is 14.6. The Morgan fingerprint density at radius 1 is 0.547 bits per heavy atom. The van der Waals surface area contributed by atoms with E-state index >= 15 is 0 Å². The van der Waals surface area contributed by atoms with Crippen LogP contribution in [0.3, 0.4) is 0 Å². The molecule has 3 fully saturated rings. The molecule has 37 heteroatoms. The number of allylic oxidation sites excluding steroid dienone is 4. The number of nitrogens with zero attached hydrogens (tertiary/aromatic N) is 3. The van der Waals surface area contributed by atoms with E-state index < -0.39 is 232 Å². The smallest absolute Gasteiger partial charge is 0.248 e. The monoisotopic (exact) mass is 1640 g/mol. The van der Waals surface area contributed by atoms with E-state index in [9.17, 15) is 96.8 Å². The lowest BCUT2D eigenvalue weighted by Crippen LogP contribution is -2.68. The molecule has 4 aliphatic rings. The second kappa shape index (κ2) is 40.1. The van der Waals surface area contributed by atoms with Gasteiger partial charge in [0.05, 0.1) is 37.9 Å². The van der Waals surface area contributed by atoms with Crippen LogP contribution in [0.2, 0.25) is 0 Å². The molecule has 1 aromatic rings. The third-order valence-electron chi connectivity index (χ3n) is 21.2. The Labute approximate surface area is 683 Å². The molecule has 17 amide bonds. The third kappa shape index (κ3) is 27.3. The number of carbonyl (C=O) groups excluding carboxylic acids is 17. The van der Waals surface area contributed by atoms with Gasteiger partial charge in [0.15, 0.2) is 0 Å². The number of rotatable bonds is 39. The standard InChI is InChI=1S/C80H125N17O20/c1-19-80(18,90-61(106)52(35-45(2)3)86-58(103)40-83-66(111)73(5,6)91-68(113)75(9,10)93-69(114)76(11,12)92-67(112)74(7,8)88-62(107)53(84-46(4)99)39-79(17)32-24-21-25-33-79)70(115)94-78(15,16)72(117)97-43-50(101)38-56(97)65(110)87-51(30-31-57(81)102)60(105)89-77(13,14)71(116)96-42-49(100)37-55(96)63(108)82-41-59(104)95-34-26-29-54(95)64(109)85-48(44-98)36-47-27-22-20-23-28-47/h20-25,27-28,32,45,48-56,98,100-101H,19,26,29-31,33-44H2,1-18H3,(H2,81,102)(H,82,108)(H,83,111)(H,84,99)(H,85,109)(H,86,103)(H,87,110)(H,88,107)(H,89,105)(H,90,106)(H,91,113)(H,92,112)(H,93,114)(H,94,115). The van der Waals surface area contributed by atoms with Crippen LogP contribution >= 0.6 is 0 Å². The summed E-state index contributed by atoms with van der Waals surface area (Å²) in [6.07, 6.45) is 5.38. The Morgan fingerprint density at radius 2 is 1.03 bits per heavy atom. The second-order valence-corrected chi connectivity index (χ2v) is 35.1. The van der Waals surface area contributed by atoms with Crippen molar-refractivity contribution in [1.29, 1.82) is 0 Å². The predicted octanol–water partition coefficient (Wildman–Crippen LogP) is -2.79. The van der Waals surface area contributed by atoms with E-state index in [0.717, 1.165) is 15.4 Å². The molecule has 3 aliphatic heterocycles. The summed E-state index contributed by atoms with van der Waals surface area (Å²) in [6, 6.07) is 0.822. The summed E-state index contributed by atoms with van der Waals surface area (Å²) in [6.45, 7) is 23.4. The lowest BCUT2D eigenvalue weighted by molar-refractivity contribution is -0.147. The third-order valence-corrected chi connectivity index (χ3v) is 21.2. The van der Waals surface area contributed by atoms with Crippen molar-refractivity contribution < 1.29 is 96.8 Å². The van der Waals surface area contributed by atoms with Crippen molar-refractivity contribution in [2.24, 2.45) is 17.1 Å². The van der Waals surface area contributed by atoms with Gasteiger partial charge in [-0.25, -0.2) is 0 Å². The number of hydrogen-bond donors (Lipinski definition) is 17. The minimum Gasteiger partial charge on any atom is -0.394 e. The Kier molecular flexibility index (Phi) is 33.3. The molecule has 650 valence electrons. The first-order chi connectivity index (χ1) is 54.0. The molecular weight excluding hydrogens is 1520 g/mol. The van der Waals surface area contributed by atoms with Gasteiger partial charge >= 0.3 is 0 Å². The molecule has 1 aliphatic carbocycles. The molecule has 117 heavy (non-hydrogen) atoms. The molecule has 0 spiro atoms. The highest BCUT2D eigenvalue weighted by Gasteiger charge is 2.51. The number of β-amino-alcohol motifs (C(OH)–C–C–N with tert-alkyl or cyclic N) is 2. The normalized spacial score (nSPS) is 20.5. The van der Waals surface area contributed by atoms with Crippen molar-refractivity contribution in [3.05, 3.63) is 60.2 Å². The Balaban J connectivity index is 1.16. The van der Waals surface area contributed by atoms with Gasteiger partial charge in [-0.15, -0.1) is 0 Å². The molecular formula is C80H125N17O20. The Bertz CT molecular complexity index is 3950. The van der Waals surface area contributed by atoms with Crippen molar-refractivity contribution in [1.82, 2.24) is 83.8 Å². The topological polar surface area (TPSA) is 543 Å². The number of nitrogens with one attached hydrogen (secondary N) is 13. The highest BCUT2D eigenvalue weighted by Crippen LogP contribution is 2.33. The summed E-state index contributed by atoms with van der Waals surface area (Å²) in [5.41, 5.74) is -6.57. The largest absolute Gasteiger partial charge is 0.394 e. The molecule has 18 N–H and O–H groups in total. The number of aliphatic hydroxyl groups is 3. The fourth-order valence-corrected chi connectivity index (χ4v) is 13.9. The summed E-state index contributed by atoms with van der Waals surface area (Å²) >= 11 is 0. The van der Waals surface area contributed by atoms with Gasteiger partial charge in [-0.1, -0.05) is 82.3 Å². The van der Waals surface area contributed by atoms with Crippen LogP contribution in [0, 0.1) is 11.3 Å². The van der Waals surface area contributed by atoms with Gasteiger partial charge < -0.3 is 105 Å². The zero-order valence-corrected chi connectivity index (χ0v) is 70.7. The SMILES string of the molecule is CCC(C)(NC(=O)C(CC(C)C)NC(=O)CNC(=O)C(C)(C)NC(=O)C(C)(C)NC(=O)C(C)(C)NC(=O)C(C)(C)NC(=O)C(CC1(C)C=CC=CC1)NC(C)=O)C(=O)NC(C)(C)C(=O)N1CC(O)CC1C(=O)NC(CCC(N)=O)C(=O)NC(C)(C)C(=O)N1CC(O)CC1C(=O)NCC(=O)N1CCCC1C(=O)NC(CO)Cc1ccccc1. The number of benzene rings is 1. The number of hydrogen-bond acceptors (Lipinski definition) is 20. The average molecular weight is 1640 g/mol. The van der Waals surface area contributed by atoms with E-state index in [4.69, 9.17) is 5.73 Å². The van der Waals surface area contributed by atoms with Gasteiger partial charge in [-0.3, -0.25) is 81.5 Å². The van der Waals surface area contributed by atoms with Crippen LogP contribution in [-0.2, 0) is 87.9 Å². The summed E-state index contributed by atoms with van der Waals surface area (Å²) in [7, 11) is 0. The van der Waals surface area contributed by atoms with E-state index in [1.54, 1.807) is 20.8 Å². The summed E-state index contributed by atoms with van der Waals surface area (Å²) in [5.74, 6) is -13.9. The van der Waals surface area contributed by atoms with Gasteiger partial charge in [0.2, 0.25) is 100 Å². The fraction of sp³-hybridized carbons (Fsp3) is 0.662. The lowest BCUT2D eigenvalue weighted by Gasteiger charge is -2.37. The van der Waals surface area contributed by atoms with E-state index in [0.29, 0.717) is 25.7 Å². The molecule has 5 rings (SSSR count). The molecule has 11 unspecified atom stereocenters. The zero-order valence-electron chi connectivity index (χ0n) is 70.7. The Hall–Kier alpha value is -10.4. The van der Waals surface area contributed by atoms with Crippen LogP contribution in [0.15, 0.2) is 54.6 Å². The van der Waals surface area contributed by atoms with Crippen molar-refractivity contribution in [2.45, 2.75) is 289 Å². The zero-order chi connectivity index (χ0) is 88.5. The molecule has 3 heterocycles. The highest BCUT2D eigenvalue weighted by atomic mass is 16.3. The molecule has 37 nitrogen and oxygen atoms in total. The quantitative estimate of drug-likeness (QED) is 0.0317. The van der Waals surface area contributed by atoms with Crippen molar-refractivity contribution >= 4 is 100 Å². The van der Waals surface area contributed by atoms with Crippen molar-refractivity contribution in [3.63, 3.8) is 0 Å². The molecule has 0 bridgehead atoms. The number of amides is 17. The van der Waals surface area contributed by atoms with Crippen LogP contribution in [0.5, 0.6) is 0 Å². The van der Waals surface area contributed by atoms with Crippen LogP contribution in [0.25, 0.3) is 0 Å². The minimum absolute atomic E-state index is 0.0128. The van der Waals surface area contributed by atoms with E-state index in [1.807, 2.05) is 61.6 Å². The van der Waals surface area contributed by atoms with Crippen LogP contribution in [0.1, 0.15) is 194 Å². The number of primary amides is 1. The van der Waals surface area contributed by atoms with E-state index in [1.165, 1.54) is 102 Å². The predicted molar refractivity (Wildman–Crippen MR) is 427 cm³/mol. The summed E-state index contributed by atoms with van der Waals surface area (Å²) in [4.78, 5) is 237. The summed E-state index contributed by atoms with van der Waals surface area (Å²) in [5, 5.41) is 65.7. The van der Waals surface area contributed by atoms with Gasteiger partial charge in [0.25, 0.3) is 0 Å². The van der Waals surface area contributed by atoms with E-state index in [2.05, 4.69) is 69.1 Å². The molecule has 11 atom stereocenters. The number of nitrogens with two attached hydrogens (primary N) is 1. The highest BCUT2D eigenvalue weighted by molar-refractivity contribution is 6.03. The lowest BCUT2D eigenvalue weighted by atomic mass is 9.78. The van der Waals surface area contributed by atoms with Gasteiger partial charge in [-0.2, -0.15) is 0 Å². The number of carbonyl (C=O) groups is 17. The second-order valence-electron chi connectivity index (χ2n) is 35.1. The number of likely N-dealkylation sites (tertiary alicyclic amines) is 3. The first kappa shape index (κ1) is 97.1. The van der Waals surface area contributed by atoms with Gasteiger partial charge in [-0.05, 0) is 158 Å². The molecule has 0 radical (unpaired) electrons. The average Bonchev–Trinajstić information content (AvgIpc) is 1.71. The fourth-order valence-electron chi connectivity index (χ4n) is 13.9. The maximum atomic E-state index is 14.6. The van der Waals surface area contributed by atoms with Crippen molar-refractivity contribution in [2.75, 3.05) is 39.3 Å². The van der Waals surface area contributed by atoms with E-state index in [-0.39, 0.29) is 57.7 Å².